The van der Waals surface area contributed by atoms with Crippen LogP contribution in [0.1, 0.15) is 32.3 Å². The van der Waals surface area contributed by atoms with Crippen molar-refractivity contribution in [3.8, 4) is 0 Å². The van der Waals surface area contributed by atoms with Gasteiger partial charge < -0.3 is 24.8 Å². The molecular formula is C24H34N4O3+2. The molecule has 7 nitrogen and oxygen atoms in total. The summed E-state index contributed by atoms with van der Waals surface area (Å²) in [7, 11) is 7.60. The van der Waals surface area contributed by atoms with Crippen molar-refractivity contribution < 1.29 is 24.1 Å². The van der Waals surface area contributed by atoms with Gasteiger partial charge in [-0.25, -0.2) is 4.79 Å². The largest absolute Gasteiger partial charge is 0.465 e. The van der Waals surface area contributed by atoms with E-state index in [9.17, 15) is 9.59 Å². The Bertz CT molecular complexity index is 890. The topological polar surface area (TPSA) is 67.5 Å². The number of quaternary nitrogens is 2. The van der Waals surface area contributed by atoms with Crippen LogP contribution in [0, 0.1) is 0 Å². The van der Waals surface area contributed by atoms with Gasteiger partial charge in [0.15, 0.2) is 0 Å². The van der Waals surface area contributed by atoms with Crippen molar-refractivity contribution in [2.75, 3.05) is 65.9 Å². The first kappa shape index (κ1) is 22.8. The molecule has 3 rings (SSSR count). The van der Waals surface area contributed by atoms with Crippen LogP contribution in [0.15, 0.2) is 48.5 Å². The Labute approximate surface area is 184 Å². The molecule has 31 heavy (non-hydrogen) atoms. The monoisotopic (exact) mass is 426 g/mol. The van der Waals surface area contributed by atoms with E-state index in [1.807, 2.05) is 14.1 Å². The first-order chi connectivity index (χ1) is 14.9. The number of methoxy groups -OCH3 is 1. The Kier molecular flexibility index (Phi) is 7.65. The van der Waals surface area contributed by atoms with Crippen LogP contribution in [0.4, 0.5) is 5.69 Å². The SMILES string of the molecule is COC(=O)c1ccccc1C(=O)NC[C@@H](c1ccc(N(C)C)cc1)[NH+]1CC[NH+](C)CC1. The predicted molar refractivity (Wildman–Crippen MR) is 121 cm³/mol. The van der Waals surface area contributed by atoms with E-state index in [1.165, 1.54) is 17.6 Å². The number of nitrogens with one attached hydrogen (secondary N) is 3. The minimum absolute atomic E-state index is 0.151. The second-order valence-electron chi connectivity index (χ2n) is 8.40. The summed E-state index contributed by atoms with van der Waals surface area (Å²) in [5.74, 6) is -0.760. The fraction of sp³-hybridized carbons (Fsp3) is 0.417. The zero-order valence-electron chi connectivity index (χ0n) is 18.9. The number of amides is 1. The molecule has 0 aromatic heterocycles. The third-order valence-electron chi connectivity index (χ3n) is 6.09. The Morgan fingerprint density at radius 2 is 1.61 bits per heavy atom. The number of hydrogen-bond acceptors (Lipinski definition) is 4. The average Bonchev–Trinajstić information content (AvgIpc) is 2.80. The summed E-state index contributed by atoms with van der Waals surface area (Å²) in [6, 6.07) is 15.5. The molecule has 1 aliphatic heterocycles. The zero-order valence-corrected chi connectivity index (χ0v) is 18.9. The summed E-state index contributed by atoms with van der Waals surface area (Å²) in [6.45, 7) is 4.84. The van der Waals surface area contributed by atoms with Crippen molar-refractivity contribution in [3.63, 3.8) is 0 Å². The molecule has 2 aromatic rings. The van der Waals surface area contributed by atoms with Crippen LogP contribution in [0.5, 0.6) is 0 Å². The summed E-state index contributed by atoms with van der Waals surface area (Å²) in [5, 5.41) is 3.08. The highest BCUT2D eigenvalue weighted by Crippen LogP contribution is 2.17. The number of esters is 1. The van der Waals surface area contributed by atoms with Gasteiger partial charge in [-0.1, -0.05) is 24.3 Å². The van der Waals surface area contributed by atoms with E-state index in [2.05, 4.69) is 41.5 Å². The normalized spacial score (nSPS) is 19.4. The summed E-state index contributed by atoms with van der Waals surface area (Å²) in [6.07, 6.45) is 0. The minimum atomic E-state index is -0.505. The summed E-state index contributed by atoms with van der Waals surface area (Å²) in [5.41, 5.74) is 2.98. The maximum Gasteiger partial charge on any atom is 0.338 e. The fourth-order valence-electron chi connectivity index (χ4n) is 4.11. The van der Waals surface area contributed by atoms with E-state index in [1.54, 1.807) is 29.2 Å². The quantitative estimate of drug-likeness (QED) is 0.519. The maximum atomic E-state index is 13.0. The van der Waals surface area contributed by atoms with Gasteiger partial charge in [-0.2, -0.15) is 0 Å². The van der Waals surface area contributed by atoms with E-state index in [4.69, 9.17) is 4.74 Å². The second-order valence-corrected chi connectivity index (χ2v) is 8.40. The number of hydrogen-bond donors (Lipinski definition) is 3. The van der Waals surface area contributed by atoms with Crippen molar-refractivity contribution in [2.45, 2.75) is 6.04 Å². The molecule has 0 saturated carbocycles. The number of benzene rings is 2. The standard InChI is InChI=1S/C24H32N4O3/c1-26(2)19-11-9-18(10-12-19)22(28-15-13-27(3)14-16-28)17-25-23(29)20-7-5-6-8-21(20)24(30)31-4/h5-12,22H,13-17H2,1-4H3,(H,25,29)/p+2/t22-/m0/s1. The molecule has 3 N–H and O–H groups in total. The lowest BCUT2D eigenvalue weighted by atomic mass is 10.0. The number of piperazine rings is 1. The molecule has 1 atom stereocenters. The number of anilines is 1. The van der Waals surface area contributed by atoms with Crippen LogP contribution in [-0.2, 0) is 4.74 Å². The highest BCUT2D eigenvalue weighted by atomic mass is 16.5. The van der Waals surface area contributed by atoms with Crippen molar-refractivity contribution in [1.29, 1.82) is 0 Å². The van der Waals surface area contributed by atoms with Gasteiger partial charge in [-0.05, 0) is 24.3 Å². The van der Waals surface area contributed by atoms with Crippen LogP contribution >= 0.6 is 0 Å². The number of nitrogens with zero attached hydrogens (tertiary/aromatic N) is 1. The molecular weight excluding hydrogens is 392 g/mol. The van der Waals surface area contributed by atoms with Gasteiger partial charge >= 0.3 is 5.97 Å². The van der Waals surface area contributed by atoms with Gasteiger partial charge in [-0.15, -0.1) is 0 Å². The van der Waals surface area contributed by atoms with Gasteiger partial charge in [0.2, 0.25) is 0 Å². The average molecular weight is 427 g/mol. The Morgan fingerprint density at radius 1 is 1.00 bits per heavy atom. The first-order valence-electron chi connectivity index (χ1n) is 10.8. The molecule has 0 spiro atoms. The van der Waals surface area contributed by atoms with Gasteiger partial charge in [0.05, 0.1) is 31.8 Å². The van der Waals surface area contributed by atoms with E-state index in [0.717, 1.165) is 31.9 Å². The molecule has 0 bridgehead atoms. The molecule has 166 valence electrons. The van der Waals surface area contributed by atoms with Crippen LogP contribution < -0.4 is 20.0 Å². The molecule has 1 fully saturated rings. The molecule has 0 radical (unpaired) electrons. The van der Waals surface area contributed by atoms with E-state index in [0.29, 0.717) is 12.1 Å². The molecule has 7 heteroatoms. The third kappa shape index (κ3) is 5.62. The fourth-order valence-corrected chi connectivity index (χ4v) is 4.11. The smallest absolute Gasteiger partial charge is 0.338 e. The lowest BCUT2D eigenvalue weighted by Gasteiger charge is -2.33. The number of likely N-dealkylation sites (N-methyl/N-ethyl adjacent to an activating group) is 1. The molecule has 1 amide bonds. The molecule has 1 heterocycles. The van der Waals surface area contributed by atoms with Gasteiger partial charge in [0.1, 0.15) is 32.2 Å². The van der Waals surface area contributed by atoms with Gasteiger partial charge in [-0.3, -0.25) is 4.79 Å². The molecule has 0 aliphatic carbocycles. The van der Waals surface area contributed by atoms with Crippen LogP contribution in [0.3, 0.4) is 0 Å². The van der Waals surface area contributed by atoms with Crippen LogP contribution in [0.25, 0.3) is 0 Å². The highest BCUT2D eigenvalue weighted by molar-refractivity contribution is 6.05. The van der Waals surface area contributed by atoms with E-state index < -0.39 is 5.97 Å². The third-order valence-corrected chi connectivity index (χ3v) is 6.09. The molecule has 2 aromatic carbocycles. The Morgan fingerprint density at radius 3 is 2.19 bits per heavy atom. The predicted octanol–water partition coefficient (Wildman–Crippen LogP) is -0.576. The van der Waals surface area contributed by atoms with Gasteiger partial charge in [0.25, 0.3) is 5.91 Å². The highest BCUT2D eigenvalue weighted by Gasteiger charge is 2.30. The van der Waals surface area contributed by atoms with Gasteiger partial charge in [0, 0.05) is 25.3 Å². The number of rotatable bonds is 7. The summed E-state index contributed by atoms with van der Waals surface area (Å²) >= 11 is 0. The van der Waals surface area contributed by atoms with E-state index in [-0.39, 0.29) is 17.5 Å². The molecule has 0 unspecified atom stereocenters. The second kappa shape index (κ2) is 10.4. The summed E-state index contributed by atoms with van der Waals surface area (Å²) in [4.78, 5) is 30.1. The molecule has 1 saturated heterocycles. The maximum absolute atomic E-state index is 13.0. The number of carbonyl (C=O) groups excluding carboxylic acids is 2. The van der Waals surface area contributed by atoms with Crippen molar-refractivity contribution in [3.05, 3.63) is 65.2 Å². The van der Waals surface area contributed by atoms with E-state index >= 15 is 0 Å². The minimum Gasteiger partial charge on any atom is -0.465 e. The van der Waals surface area contributed by atoms with Crippen LogP contribution in [-0.4, -0.2) is 72.9 Å². The van der Waals surface area contributed by atoms with Crippen molar-refractivity contribution in [1.82, 2.24) is 5.32 Å². The zero-order chi connectivity index (χ0) is 22.4. The van der Waals surface area contributed by atoms with Crippen molar-refractivity contribution in [2.24, 2.45) is 0 Å². The lowest BCUT2D eigenvalue weighted by Crippen LogP contribution is -3.27. The Balaban J connectivity index is 1.79. The number of carbonyl (C=O) groups is 2. The Hall–Kier alpha value is -2.90. The molecule has 1 aliphatic rings. The first-order valence-corrected chi connectivity index (χ1v) is 10.8. The van der Waals surface area contributed by atoms with Crippen LogP contribution in [0.2, 0.25) is 0 Å². The lowest BCUT2D eigenvalue weighted by molar-refractivity contribution is -1.02. The number of ether oxygens (including phenoxy) is 1. The summed E-state index contributed by atoms with van der Waals surface area (Å²) < 4.78 is 4.83. The van der Waals surface area contributed by atoms with Crippen molar-refractivity contribution >= 4 is 17.6 Å².